The number of benzene rings is 2. The average molecular weight is 357 g/mol. The van der Waals surface area contributed by atoms with E-state index in [0.29, 0.717) is 43.3 Å². The number of piperidine rings is 1. The van der Waals surface area contributed by atoms with Crippen molar-refractivity contribution >= 4 is 0 Å². The summed E-state index contributed by atoms with van der Waals surface area (Å²) in [5.41, 5.74) is 0.574. The van der Waals surface area contributed by atoms with E-state index in [1.54, 1.807) is 7.11 Å². The van der Waals surface area contributed by atoms with Gasteiger partial charge in [0.1, 0.15) is 5.60 Å². The third kappa shape index (κ3) is 3.00. The normalized spacial score (nSPS) is 25.3. The number of likely N-dealkylation sites (tertiary alicyclic amines) is 1. The minimum atomic E-state index is -1.20. The first-order chi connectivity index (χ1) is 12.6. The van der Waals surface area contributed by atoms with E-state index in [4.69, 9.17) is 14.2 Å². The zero-order valence-corrected chi connectivity index (χ0v) is 14.7. The van der Waals surface area contributed by atoms with Crippen molar-refractivity contribution in [2.75, 3.05) is 27.0 Å². The van der Waals surface area contributed by atoms with Crippen molar-refractivity contribution in [3.63, 3.8) is 0 Å². The highest BCUT2D eigenvalue weighted by molar-refractivity contribution is 5.55. The number of methoxy groups -OCH3 is 1. The van der Waals surface area contributed by atoms with Gasteiger partial charge in [-0.05, 0) is 29.7 Å². The molecule has 0 spiro atoms. The molecule has 0 saturated carbocycles. The van der Waals surface area contributed by atoms with Gasteiger partial charge < -0.3 is 24.4 Å². The van der Waals surface area contributed by atoms with E-state index < -0.39 is 11.7 Å². The molecule has 1 saturated heterocycles. The van der Waals surface area contributed by atoms with Gasteiger partial charge >= 0.3 is 0 Å². The van der Waals surface area contributed by atoms with Crippen LogP contribution in [0.3, 0.4) is 0 Å². The average Bonchev–Trinajstić information content (AvgIpc) is 3.13. The molecule has 2 aliphatic heterocycles. The van der Waals surface area contributed by atoms with Gasteiger partial charge in [0.2, 0.25) is 12.5 Å². The van der Waals surface area contributed by atoms with E-state index in [0.717, 1.165) is 11.1 Å². The molecular weight excluding hydrogens is 334 g/mol. The Kier molecular flexibility index (Phi) is 4.48. The number of aliphatic hydroxyl groups is 2. The zero-order valence-electron chi connectivity index (χ0n) is 14.7. The van der Waals surface area contributed by atoms with Crippen LogP contribution in [0.5, 0.6) is 17.2 Å². The fourth-order valence-electron chi connectivity index (χ4n) is 3.72. The summed E-state index contributed by atoms with van der Waals surface area (Å²) in [6, 6.07) is 13.3. The summed E-state index contributed by atoms with van der Waals surface area (Å²) in [5.74, 6) is 1.96. The Morgan fingerprint density at radius 1 is 1.23 bits per heavy atom. The Balaban J connectivity index is 1.49. The van der Waals surface area contributed by atoms with E-state index in [-0.39, 0.29) is 6.79 Å². The summed E-state index contributed by atoms with van der Waals surface area (Å²) in [7, 11) is 1.60. The lowest BCUT2D eigenvalue weighted by Crippen LogP contribution is -2.53. The van der Waals surface area contributed by atoms with Crippen LogP contribution in [0, 0.1) is 0 Å². The highest BCUT2D eigenvalue weighted by atomic mass is 16.7. The third-order valence-corrected chi connectivity index (χ3v) is 5.19. The summed E-state index contributed by atoms with van der Waals surface area (Å²) >= 11 is 0. The summed E-state index contributed by atoms with van der Waals surface area (Å²) in [6.45, 7) is 1.90. The number of rotatable bonds is 4. The summed E-state index contributed by atoms with van der Waals surface area (Å²) in [6.07, 6.45) is -0.380. The topological polar surface area (TPSA) is 71.4 Å². The van der Waals surface area contributed by atoms with Crippen molar-refractivity contribution in [1.29, 1.82) is 0 Å². The molecule has 26 heavy (non-hydrogen) atoms. The van der Waals surface area contributed by atoms with Crippen molar-refractivity contribution in [2.24, 2.45) is 0 Å². The molecule has 0 amide bonds. The molecule has 2 aromatic carbocycles. The minimum Gasteiger partial charge on any atom is -0.493 e. The van der Waals surface area contributed by atoms with Gasteiger partial charge in [0.25, 0.3) is 0 Å². The van der Waals surface area contributed by atoms with Crippen LogP contribution >= 0.6 is 0 Å². The van der Waals surface area contributed by atoms with Gasteiger partial charge in [-0.1, -0.05) is 30.3 Å². The molecular formula is C20H23NO5. The third-order valence-electron chi connectivity index (χ3n) is 5.19. The highest BCUT2D eigenvalue weighted by Crippen LogP contribution is 2.42. The Labute approximate surface area is 152 Å². The van der Waals surface area contributed by atoms with E-state index in [1.807, 2.05) is 42.5 Å². The second-order valence-corrected chi connectivity index (χ2v) is 6.82. The van der Waals surface area contributed by atoms with Crippen molar-refractivity contribution in [2.45, 2.75) is 24.7 Å². The first-order valence-electron chi connectivity index (χ1n) is 8.75. The maximum Gasteiger partial charge on any atom is 0.231 e. The van der Waals surface area contributed by atoms with Gasteiger partial charge in [0.05, 0.1) is 13.2 Å². The van der Waals surface area contributed by atoms with Gasteiger partial charge in [-0.3, -0.25) is 4.90 Å². The molecule has 138 valence electrons. The van der Waals surface area contributed by atoms with Crippen LogP contribution in [0.15, 0.2) is 42.5 Å². The van der Waals surface area contributed by atoms with Crippen LogP contribution in [0.1, 0.15) is 17.5 Å². The van der Waals surface area contributed by atoms with E-state index in [2.05, 4.69) is 4.90 Å². The molecule has 2 N–H and O–H groups in total. The SMILES string of the molecule is COc1cc(CN2CC[C@](O)(c3ccccc3)[C@@H](O)C2)cc2c1OCO2. The predicted octanol–water partition coefficient (Wildman–Crippen LogP) is 1.88. The fraction of sp³-hybridized carbons (Fsp3) is 0.400. The number of nitrogens with zero attached hydrogens (tertiary/aromatic N) is 1. The van der Waals surface area contributed by atoms with Gasteiger partial charge in [0.15, 0.2) is 11.5 Å². The first-order valence-corrected chi connectivity index (χ1v) is 8.75. The Hall–Kier alpha value is -2.28. The first kappa shape index (κ1) is 17.1. The molecule has 0 aromatic heterocycles. The lowest BCUT2D eigenvalue weighted by molar-refractivity contribution is -0.126. The fourth-order valence-corrected chi connectivity index (χ4v) is 3.72. The van der Waals surface area contributed by atoms with Crippen molar-refractivity contribution in [3.8, 4) is 17.2 Å². The lowest BCUT2D eigenvalue weighted by atomic mass is 9.82. The summed E-state index contributed by atoms with van der Waals surface area (Å²) in [5, 5.41) is 21.6. The van der Waals surface area contributed by atoms with Gasteiger partial charge in [-0.25, -0.2) is 0 Å². The van der Waals surface area contributed by atoms with E-state index in [9.17, 15) is 10.2 Å². The van der Waals surface area contributed by atoms with E-state index >= 15 is 0 Å². The number of β-amino-alcohol motifs (C(OH)–C–C–N with tert-alkyl or cyclic N) is 1. The number of ether oxygens (including phenoxy) is 3. The molecule has 6 heteroatoms. The van der Waals surface area contributed by atoms with Crippen molar-refractivity contribution < 1.29 is 24.4 Å². The maximum atomic E-state index is 11.0. The molecule has 0 unspecified atom stereocenters. The molecule has 0 aliphatic carbocycles. The van der Waals surface area contributed by atoms with Crippen molar-refractivity contribution in [1.82, 2.24) is 4.90 Å². The monoisotopic (exact) mass is 357 g/mol. The molecule has 0 bridgehead atoms. The zero-order chi connectivity index (χ0) is 18.1. The molecule has 2 aromatic rings. The number of aliphatic hydroxyl groups excluding tert-OH is 1. The number of hydrogen-bond acceptors (Lipinski definition) is 6. The second kappa shape index (κ2) is 6.79. The second-order valence-electron chi connectivity index (χ2n) is 6.82. The van der Waals surface area contributed by atoms with Crippen LogP contribution in [-0.2, 0) is 12.1 Å². The Morgan fingerprint density at radius 3 is 2.77 bits per heavy atom. The molecule has 1 fully saturated rings. The molecule has 4 rings (SSSR count). The number of fused-ring (bicyclic) bond motifs is 1. The van der Waals surface area contributed by atoms with E-state index in [1.165, 1.54) is 0 Å². The largest absolute Gasteiger partial charge is 0.493 e. The van der Waals surface area contributed by atoms with Crippen LogP contribution in [0.2, 0.25) is 0 Å². The molecule has 0 radical (unpaired) electrons. The van der Waals surface area contributed by atoms with Crippen LogP contribution in [0.4, 0.5) is 0 Å². The molecule has 2 heterocycles. The van der Waals surface area contributed by atoms with Crippen LogP contribution < -0.4 is 14.2 Å². The Morgan fingerprint density at radius 2 is 2.04 bits per heavy atom. The quantitative estimate of drug-likeness (QED) is 0.871. The molecule has 2 aliphatic rings. The lowest BCUT2D eigenvalue weighted by Gasteiger charge is -2.42. The van der Waals surface area contributed by atoms with Crippen LogP contribution in [-0.4, -0.2) is 48.2 Å². The van der Waals surface area contributed by atoms with Gasteiger partial charge in [-0.15, -0.1) is 0 Å². The Bertz CT molecular complexity index is 781. The minimum absolute atomic E-state index is 0.196. The van der Waals surface area contributed by atoms with Crippen LogP contribution in [0.25, 0.3) is 0 Å². The number of hydrogen-bond donors (Lipinski definition) is 2. The van der Waals surface area contributed by atoms with Gasteiger partial charge in [0, 0.05) is 19.6 Å². The molecule has 6 nitrogen and oxygen atoms in total. The standard InChI is InChI=1S/C20H23NO5/c1-24-16-9-14(10-17-19(16)26-13-25-17)11-21-8-7-20(23,18(22)12-21)15-5-3-2-4-6-15/h2-6,9-10,18,22-23H,7-8,11-13H2,1H3/t18-,20-/m0/s1. The highest BCUT2D eigenvalue weighted by Gasteiger charge is 2.41. The summed E-state index contributed by atoms with van der Waals surface area (Å²) < 4.78 is 16.3. The predicted molar refractivity (Wildman–Crippen MR) is 95.4 cm³/mol. The van der Waals surface area contributed by atoms with Gasteiger partial charge in [-0.2, -0.15) is 0 Å². The molecule has 2 atom stereocenters. The summed E-state index contributed by atoms with van der Waals surface area (Å²) in [4.78, 5) is 2.12. The smallest absolute Gasteiger partial charge is 0.231 e. The maximum absolute atomic E-state index is 11.0. The van der Waals surface area contributed by atoms with Crippen molar-refractivity contribution in [3.05, 3.63) is 53.6 Å².